The molecule has 1 aliphatic rings. The van der Waals surface area contributed by atoms with Crippen molar-refractivity contribution in [2.45, 2.75) is 33.1 Å². The molecule has 0 fully saturated rings. The molecular weight excluding hydrogens is 266 g/mol. The molecule has 1 aromatic heterocycles. The van der Waals surface area contributed by atoms with E-state index in [0.717, 1.165) is 23.1 Å². The van der Waals surface area contributed by atoms with Gasteiger partial charge in [0, 0.05) is 10.4 Å². The molecule has 0 radical (unpaired) electrons. The summed E-state index contributed by atoms with van der Waals surface area (Å²) >= 11 is 1.78. The summed E-state index contributed by atoms with van der Waals surface area (Å²) in [6.07, 6.45) is 3.61. The second-order valence-electron chi connectivity index (χ2n) is 5.77. The van der Waals surface area contributed by atoms with E-state index in [1.165, 1.54) is 40.0 Å². The molecule has 2 nitrogen and oxygen atoms in total. The van der Waals surface area contributed by atoms with Crippen molar-refractivity contribution >= 4 is 16.3 Å². The maximum absolute atomic E-state index is 6.33. The van der Waals surface area contributed by atoms with Crippen molar-refractivity contribution in [3.8, 4) is 16.9 Å². The van der Waals surface area contributed by atoms with Gasteiger partial charge in [-0.3, -0.25) is 0 Å². The van der Waals surface area contributed by atoms with Crippen LogP contribution in [0, 0.1) is 12.8 Å². The van der Waals surface area contributed by atoms with Gasteiger partial charge in [-0.2, -0.15) is 0 Å². The molecule has 106 valence electrons. The van der Waals surface area contributed by atoms with Gasteiger partial charge in [0.1, 0.15) is 5.75 Å². The molecule has 2 aromatic rings. The zero-order valence-corrected chi connectivity index (χ0v) is 13.1. The van der Waals surface area contributed by atoms with Crippen molar-refractivity contribution in [1.82, 2.24) is 0 Å². The minimum absolute atomic E-state index is 0.783. The lowest BCUT2D eigenvalue weighted by molar-refractivity contribution is 0.414. The van der Waals surface area contributed by atoms with E-state index in [1.54, 1.807) is 18.4 Å². The molecule has 20 heavy (non-hydrogen) atoms. The van der Waals surface area contributed by atoms with E-state index in [0.29, 0.717) is 0 Å². The van der Waals surface area contributed by atoms with Gasteiger partial charge in [-0.25, -0.2) is 0 Å². The van der Waals surface area contributed by atoms with Gasteiger partial charge in [0.25, 0.3) is 0 Å². The molecule has 2 N–H and O–H groups in total. The fourth-order valence-electron chi connectivity index (χ4n) is 3.11. The lowest BCUT2D eigenvalue weighted by atomic mass is 9.86. The van der Waals surface area contributed by atoms with E-state index >= 15 is 0 Å². The number of aryl methyl sites for hydroxylation is 1. The molecule has 0 aliphatic heterocycles. The predicted octanol–water partition coefficient (Wildman–Crippen LogP) is 4.44. The van der Waals surface area contributed by atoms with Gasteiger partial charge in [0.2, 0.25) is 0 Å². The SMILES string of the molecule is COc1ccc(-c2c(N)sc3c2CCC(C)C3)c(C)c1. The molecule has 0 saturated carbocycles. The highest BCUT2D eigenvalue weighted by atomic mass is 32.1. The van der Waals surface area contributed by atoms with Crippen LogP contribution in [0.15, 0.2) is 18.2 Å². The number of hydrogen-bond acceptors (Lipinski definition) is 3. The Morgan fingerprint density at radius 3 is 2.85 bits per heavy atom. The Balaban J connectivity index is 2.11. The van der Waals surface area contributed by atoms with E-state index in [1.807, 2.05) is 6.07 Å². The van der Waals surface area contributed by atoms with Crippen LogP contribution in [0.3, 0.4) is 0 Å². The summed E-state index contributed by atoms with van der Waals surface area (Å²) in [5.74, 6) is 1.69. The number of benzene rings is 1. The maximum Gasteiger partial charge on any atom is 0.119 e. The van der Waals surface area contributed by atoms with Crippen LogP contribution in [0.25, 0.3) is 11.1 Å². The Bertz CT molecular complexity index is 645. The summed E-state index contributed by atoms with van der Waals surface area (Å²) in [6.45, 7) is 4.46. The molecule has 0 bridgehead atoms. The van der Waals surface area contributed by atoms with E-state index in [2.05, 4.69) is 26.0 Å². The number of nitrogens with two attached hydrogens (primary N) is 1. The number of rotatable bonds is 2. The summed E-state index contributed by atoms with van der Waals surface area (Å²) in [5, 5.41) is 0.970. The van der Waals surface area contributed by atoms with Crippen LogP contribution >= 0.6 is 11.3 Å². The van der Waals surface area contributed by atoms with Crippen LogP contribution in [0.2, 0.25) is 0 Å². The zero-order chi connectivity index (χ0) is 14.3. The van der Waals surface area contributed by atoms with Crippen LogP contribution in [-0.2, 0) is 12.8 Å². The van der Waals surface area contributed by atoms with Crippen molar-refractivity contribution in [2.24, 2.45) is 5.92 Å². The Kier molecular flexibility index (Phi) is 3.47. The molecule has 3 heteroatoms. The first-order valence-electron chi connectivity index (χ1n) is 7.15. The van der Waals surface area contributed by atoms with Crippen LogP contribution in [-0.4, -0.2) is 7.11 Å². The average molecular weight is 287 g/mol. The molecule has 1 unspecified atom stereocenters. The minimum atomic E-state index is 0.783. The highest BCUT2D eigenvalue weighted by Gasteiger charge is 2.24. The molecule has 3 rings (SSSR count). The van der Waals surface area contributed by atoms with Gasteiger partial charge < -0.3 is 10.5 Å². The normalized spacial score (nSPS) is 17.9. The molecule has 1 aliphatic carbocycles. The summed E-state index contributed by atoms with van der Waals surface area (Å²) in [5.41, 5.74) is 11.6. The Morgan fingerprint density at radius 2 is 2.15 bits per heavy atom. The molecule has 0 spiro atoms. The minimum Gasteiger partial charge on any atom is -0.497 e. The fourth-order valence-corrected chi connectivity index (χ4v) is 4.41. The molecule has 1 atom stereocenters. The van der Waals surface area contributed by atoms with Gasteiger partial charge in [-0.1, -0.05) is 13.0 Å². The van der Waals surface area contributed by atoms with Gasteiger partial charge in [-0.15, -0.1) is 11.3 Å². The number of anilines is 1. The molecule has 0 saturated heterocycles. The van der Waals surface area contributed by atoms with Crippen LogP contribution in [0.4, 0.5) is 5.00 Å². The number of ether oxygens (including phenoxy) is 1. The number of nitrogen functional groups attached to an aromatic ring is 1. The lowest BCUT2D eigenvalue weighted by Crippen LogP contribution is -2.09. The molecule has 0 amide bonds. The second-order valence-corrected chi connectivity index (χ2v) is 6.91. The first kappa shape index (κ1) is 13.5. The zero-order valence-electron chi connectivity index (χ0n) is 12.3. The standard InChI is InChI=1S/C17H21NOS/c1-10-4-6-14-15(8-10)20-17(18)16(14)13-7-5-12(19-3)9-11(13)2/h5,7,9-10H,4,6,8,18H2,1-3H3. The summed E-state index contributed by atoms with van der Waals surface area (Å²) in [7, 11) is 1.71. The third-order valence-corrected chi connectivity index (χ3v) is 5.33. The van der Waals surface area contributed by atoms with Crippen molar-refractivity contribution in [2.75, 3.05) is 12.8 Å². The van der Waals surface area contributed by atoms with Gasteiger partial charge in [0.05, 0.1) is 12.1 Å². The highest BCUT2D eigenvalue weighted by Crippen LogP contribution is 2.44. The Labute approximate surface area is 124 Å². The number of thiophene rings is 1. The van der Waals surface area contributed by atoms with Gasteiger partial charge in [0.15, 0.2) is 0 Å². The largest absolute Gasteiger partial charge is 0.497 e. The smallest absolute Gasteiger partial charge is 0.119 e. The quantitative estimate of drug-likeness (QED) is 0.886. The van der Waals surface area contributed by atoms with Crippen LogP contribution in [0.1, 0.15) is 29.3 Å². The van der Waals surface area contributed by atoms with E-state index in [-0.39, 0.29) is 0 Å². The van der Waals surface area contributed by atoms with Crippen LogP contribution < -0.4 is 10.5 Å². The summed E-state index contributed by atoms with van der Waals surface area (Å²) < 4.78 is 5.30. The molecule has 1 heterocycles. The third kappa shape index (κ3) is 2.20. The van der Waals surface area contributed by atoms with Crippen molar-refractivity contribution < 1.29 is 4.74 Å². The van der Waals surface area contributed by atoms with Crippen molar-refractivity contribution in [3.05, 3.63) is 34.2 Å². The summed E-state index contributed by atoms with van der Waals surface area (Å²) in [6, 6.07) is 6.26. The fraction of sp³-hybridized carbons (Fsp3) is 0.412. The first-order chi connectivity index (χ1) is 9.60. The monoisotopic (exact) mass is 287 g/mol. The maximum atomic E-state index is 6.33. The van der Waals surface area contributed by atoms with Crippen molar-refractivity contribution in [3.63, 3.8) is 0 Å². The Morgan fingerprint density at radius 1 is 1.35 bits per heavy atom. The lowest BCUT2D eigenvalue weighted by Gasteiger charge is -2.19. The topological polar surface area (TPSA) is 35.2 Å². The van der Waals surface area contributed by atoms with Crippen molar-refractivity contribution in [1.29, 1.82) is 0 Å². The number of fused-ring (bicyclic) bond motifs is 1. The van der Waals surface area contributed by atoms with Crippen LogP contribution in [0.5, 0.6) is 5.75 Å². The average Bonchev–Trinajstić information content (AvgIpc) is 2.73. The predicted molar refractivity (Wildman–Crippen MR) is 86.6 cm³/mol. The first-order valence-corrected chi connectivity index (χ1v) is 7.96. The second kappa shape index (κ2) is 5.13. The van der Waals surface area contributed by atoms with Gasteiger partial charge >= 0.3 is 0 Å². The van der Waals surface area contributed by atoms with E-state index < -0.39 is 0 Å². The van der Waals surface area contributed by atoms with E-state index in [9.17, 15) is 0 Å². The van der Waals surface area contributed by atoms with Gasteiger partial charge in [-0.05, 0) is 60.9 Å². The number of hydrogen-bond donors (Lipinski definition) is 1. The number of methoxy groups -OCH3 is 1. The Hall–Kier alpha value is -1.48. The molecule has 1 aromatic carbocycles. The third-order valence-electron chi connectivity index (χ3n) is 4.24. The highest BCUT2D eigenvalue weighted by molar-refractivity contribution is 7.16. The van der Waals surface area contributed by atoms with E-state index in [4.69, 9.17) is 10.5 Å². The molecular formula is C17H21NOS. The summed E-state index contributed by atoms with van der Waals surface area (Å²) in [4.78, 5) is 1.49.